The Kier molecular flexibility index (Phi) is 4.98. The first-order valence-electron chi connectivity index (χ1n) is 8.33. The van der Waals surface area contributed by atoms with E-state index in [9.17, 15) is 9.59 Å². The number of pyridine rings is 1. The van der Waals surface area contributed by atoms with Crippen molar-refractivity contribution in [3.63, 3.8) is 0 Å². The summed E-state index contributed by atoms with van der Waals surface area (Å²) in [5.41, 5.74) is 4.01. The van der Waals surface area contributed by atoms with Crippen LogP contribution >= 0.6 is 0 Å². The molecule has 1 aromatic heterocycles. The molecule has 2 aromatic carbocycles. The second kappa shape index (κ2) is 7.35. The molecule has 0 radical (unpaired) electrons. The lowest BCUT2D eigenvalue weighted by atomic mass is 10.0. The molecule has 0 saturated carbocycles. The lowest BCUT2D eigenvalue weighted by Gasteiger charge is -2.15. The van der Waals surface area contributed by atoms with Gasteiger partial charge in [0.1, 0.15) is 0 Å². The van der Waals surface area contributed by atoms with E-state index in [1.54, 1.807) is 6.07 Å². The maximum absolute atomic E-state index is 12.3. The van der Waals surface area contributed by atoms with Gasteiger partial charge >= 0.3 is 5.97 Å². The quantitative estimate of drug-likeness (QED) is 0.554. The molecule has 0 fully saturated rings. The number of ether oxygens (including phenoxy) is 1. The Labute approximate surface area is 152 Å². The Morgan fingerprint density at radius 1 is 1.08 bits per heavy atom. The van der Waals surface area contributed by atoms with Crippen molar-refractivity contribution in [1.82, 2.24) is 4.98 Å². The highest BCUT2D eigenvalue weighted by atomic mass is 16.5. The fraction of sp³-hybridized carbons (Fsp3) is 0.190. The third kappa shape index (κ3) is 3.28. The van der Waals surface area contributed by atoms with E-state index < -0.39 is 5.97 Å². The lowest BCUT2D eigenvalue weighted by molar-refractivity contribution is 0.0598. The lowest BCUT2D eigenvalue weighted by Crippen LogP contribution is -2.14. The molecule has 132 valence electrons. The van der Waals surface area contributed by atoms with Gasteiger partial charge in [-0.05, 0) is 37.6 Å². The molecule has 1 N–H and O–H groups in total. The molecule has 5 heteroatoms. The fourth-order valence-electron chi connectivity index (χ4n) is 3.06. The van der Waals surface area contributed by atoms with Gasteiger partial charge in [-0.25, -0.2) is 4.79 Å². The largest absolute Gasteiger partial charge is 0.465 e. The minimum absolute atomic E-state index is 0.0241. The van der Waals surface area contributed by atoms with Gasteiger partial charge in [0.15, 0.2) is 5.78 Å². The van der Waals surface area contributed by atoms with Crippen molar-refractivity contribution in [2.24, 2.45) is 0 Å². The van der Waals surface area contributed by atoms with Crippen molar-refractivity contribution in [2.75, 3.05) is 12.4 Å². The molecular formula is C21H20N2O3. The van der Waals surface area contributed by atoms with Crippen LogP contribution in [-0.4, -0.2) is 23.8 Å². The SMILES string of the molecule is COC(=O)c1c(CNc2ccccc2C(C)=O)nc2ccccc2c1C. The van der Waals surface area contributed by atoms with E-state index in [0.717, 1.165) is 16.5 Å². The normalized spacial score (nSPS) is 10.6. The van der Waals surface area contributed by atoms with Crippen LogP contribution in [0.2, 0.25) is 0 Å². The zero-order valence-corrected chi connectivity index (χ0v) is 15.0. The molecule has 0 aliphatic carbocycles. The molecular weight excluding hydrogens is 328 g/mol. The van der Waals surface area contributed by atoms with Crippen LogP contribution in [0.15, 0.2) is 48.5 Å². The van der Waals surface area contributed by atoms with E-state index in [4.69, 9.17) is 4.74 Å². The van der Waals surface area contributed by atoms with Crippen molar-refractivity contribution in [1.29, 1.82) is 0 Å². The van der Waals surface area contributed by atoms with Crippen LogP contribution in [0.5, 0.6) is 0 Å². The number of ketones is 1. The Balaban J connectivity index is 2.04. The summed E-state index contributed by atoms with van der Waals surface area (Å²) in [7, 11) is 1.36. The number of para-hydroxylation sites is 2. The van der Waals surface area contributed by atoms with E-state index >= 15 is 0 Å². The van der Waals surface area contributed by atoms with Crippen molar-refractivity contribution < 1.29 is 14.3 Å². The molecule has 5 nitrogen and oxygen atoms in total. The summed E-state index contributed by atoms with van der Waals surface area (Å²) in [6.45, 7) is 3.72. The van der Waals surface area contributed by atoms with Crippen LogP contribution in [-0.2, 0) is 11.3 Å². The summed E-state index contributed by atoms with van der Waals surface area (Å²) in [6.07, 6.45) is 0. The van der Waals surface area contributed by atoms with E-state index in [-0.39, 0.29) is 5.78 Å². The molecule has 3 aromatic rings. The zero-order chi connectivity index (χ0) is 18.7. The number of fused-ring (bicyclic) bond motifs is 1. The minimum Gasteiger partial charge on any atom is -0.465 e. The highest BCUT2D eigenvalue weighted by Gasteiger charge is 2.19. The number of hydrogen-bond donors (Lipinski definition) is 1. The van der Waals surface area contributed by atoms with Gasteiger partial charge in [0.2, 0.25) is 0 Å². The van der Waals surface area contributed by atoms with Gasteiger partial charge in [0.05, 0.1) is 30.4 Å². The fourth-order valence-corrected chi connectivity index (χ4v) is 3.06. The van der Waals surface area contributed by atoms with E-state index in [1.807, 2.05) is 49.4 Å². The Morgan fingerprint density at radius 2 is 1.77 bits per heavy atom. The summed E-state index contributed by atoms with van der Waals surface area (Å²) in [5, 5.41) is 4.15. The second-order valence-electron chi connectivity index (χ2n) is 6.02. The third-order valence-corrected chi connectivity index (χ3v) is 4.37. The summed E-state index contributed by atoms with van der Waals surface area (Å²) in [5.74, 6) is -0.443. The predicted octanol–water partition coefficient (Wildman–Crippen LogP) is 4.14. The Hall–Kier alpha value is -3.21. The highest BCUT2D eigenvalue weighted by molar-refractivity contribution is 6.00. The van der Waals surface area contributed by atoms with Gasteiger partial charge in [-0.2, -0.15) is 0 Å². The number of nitrogens with zero attached hydrogens (tertiary/aromatic N) is 1. The second-order valence-corrected chi connectivity index (χ2v) is 6.02. The monoisotopic (exact) mass is 348 g/mol. The topological polar surface area (TPSA) is 68.3 Å². The molecule has 26 heavy (non-hydrogen) atoms. The van der Waals surface area contributed by atoms with Crippen LogP contribution in [0.4, 0.5) is 5.69 Å². The number of Topliss-reactive ketones (excluding diaryl/α,β-unsaturated/α-hetero) is 1. The summed E-state index contributed by atoms with van der Waals surface area (Å²) < 4.78 is 4.96. The molecule has 3 rings (SSSR count). The van der Waals surface area contributed by atoms with Crippen LogP contribution in [0.25, 0.3) is 10.9 Å². The number of aryl methyl sites for hydroxylation is 1. The number of methoxy groups -OCH3 is 1. The van der Waals surface area contributed by atoms with Gasteiger partial charge in [-0.1, -0.05) is 30.3 Å². The molecule has 0 aliphatic heterocycles. The van der Waals surface area contributed by atoms with Gasteiger partial charge in [0, 0.05) is 16.6 Å². The minimum atomic E-state index is -0.419. The van der Waals surface area contributed by atoms with Crippen LogP contribution in [0, 0.1) is 6.92 Å². The molecule has 0 saturated heterocycles. The first-order chi connectivity index (χ1) is 12.5. The van der Waals surface area contributed by atoms with Crippen LogP contribution in [0.3, 0.4) is 0 Å². The van der Waals surface area contributed by atoms with E-state index in [0.29, 0.717) is 29.1 Å². The number of benzene rings is 2. The number of carbonyl (C=O) groups is 2. The molecule has 0 aliphatic rings. The number of hydrogen-bond acceptors (Lipinski definition) is 5. The smallest absolute Gasteiger partial charge is 0.340 e. The average molecular weight is 348 g/mol. The average Bonchev–Trinajstić information content (AvgIpc) is 2.66. The maximum atomic E-state index is 12.3. The van der Waals surface area contributed by atoms with Gasteiger partial charge in [-0.15, -0.1) is 0 Å². The predicted molar refractivity (Wildman–Crippen MR) is 102 cm³/mol. The van der Waals surface area contributed by atoms with Crippen LogP contribution < -0.4 is 5.32 Å². The Morgan fingerprint density at radius 3 is 2.50 bits per heavy atom. The van der Waals surface area contributed by atoms with Crippen molar-refractivity contribution in [3.05, 3.63) is 70.9 Å². The van der Waals surface area contributed by atoms with Gasteiger partial charge in [0.25, 0.3) is 0 Å². The van der Waals surface area contributed by atoms with Gasteiger partial charge in [-0.3, -0.25) is 9.78 Å². The van der Waals surface area contributed by atoms with E-state index in [2.05, 4.69) is 10.3 Å². The highest BCUT2D eigenvalue weighted by Crippen LogP contribution is 2.25. The molecule has 0 atom stereocenters. The molecule has 0 spiro atoms. The maximum Gasteiger partial charge on any atom is 0.340 e. The van der Waals surface area contributed by atoms with Crippen LogP contribution in [0.1, 0.15) is 38.9 Å². The standard InChI is InChI=1S/C21H20N2O3/c1-13-15-8-4-7-11-18(15)23-19(20(13)21(25)26-3)12-22-17-10-6-5-9-16(17)14(2)24/h4-11,22H,12H2,1-3H3. The number of carbonyl (C=O) groups excluding carboxylic acids is 2. The Bertz CT molecular complexity index is 996. The molecule has 0 amide bonds. The molecule has 0 bridgehead atoms. The van der Waals surface area contributed by atoms with Crippen molar-refractivity contribution >= 4 is 28.3 Å². The van der Waals surface area contributed by atoms with E-state index in [1.165, 1.54) is 14.0 Å². The third-order valence-electron chi connectivity index (χ3n) is 4.37. The number of esters is 1. The zero-order valence-electron chi connectivity index (χ0n) is 15.0. The molecule has 1 heterocycles. The summed E-state index contributed by atoms with van der Waals surface area (Å²) in [4.78, 5) is 28.8. The summed E-state index contributed by atoms with van der Waals surface area (Å²) >= 11 is 0. The number of rotatable bonds is 5. The van der Waals surface area contributed by atoms with Crippen molar-refractivity contribution in [2.45, 2.75) is 20.4 Å². The first kappa shape index (κ1) is 17.6. The molecule has 0 unspecified atom stereocenters. The van der Waals surface area contributed by atoms with Gasteiger partial charge < -0.3 is 10.1 Å². The number of aromatic nitrogens is 1. The van der Waals surface area contributed by atoms with Crippen molar-refractivity contribution in [3.8, 4) is 0 Å². The summed E-state index contributed by atoms with van der Waals surface area (Å²) in [6, 6.07) is 15.0. The number of nitrogens with one attached hydrogen (secondary N) is 1. The number of anilines is 1. The first-order valence-corrected chi connectivity index (χ1v) is 8.33.